The molecule has 30 heavy (non-hydrogen) atoms. The molecule has 0 amide bonds. The van der Waals surface area contributed by atoms with Crippen molar-refractivity contribution >= 4 is 39.7 Å². The van der Waals surface area contributed by atoms with Crippen LogP contribution < -0.4 is 10.5 Å². The normalized spacial score (nSPS) is 16.0. The molecule has 1 aliphatic heterocycles. The topological polar surface area (TPSA) is 64.5 Å². The van der Waals surface area contributed by atoms with E-state index in [-0.39, 0.29) is 11.6 Å². The number of nitrogens with zero attached hydrogens (tertiary/aromatic N) is 2. The zero-order valence-corrected chi connectivity index (χ0v) is 18.2. The Balaban J connectivity index is 1.76. The van der Waals surface area contributed by atoms with E-state index >= 15 is 0 Å². The first-order valence-corrected chi connectivity index (χ1v) is 10.4. The largest absolute Gasteiger partial charge is 0.480 e. The monoisotopic (exact) mass is 449 g/mol. The summed E-state index contributed by atoms with van der Waals surface area (Å²) in [6.45, 7) is 3.76. The van der Waals surface area contributed by atoms with Crippen LogP contribution in [0, 0.1) is 5.82 Å². The molecule has 1 aromatic carbocycles. The summed E-state index contributed by atoms with van der Waals surface area (Å²) in [6.07, 6.45) is 5.96. The van der Waals surface area contributed by atoms with E-state index in [0.29, 0.717) is 27.6 Å². The van der Waals surface area contributed by atoms with E-state index in [9.17, 15) is 4.39 Å². The second kappa shape index (κ2) is 8.55. The summed E-state index contributed by atoms with van der Waals surface area (Å²) in [5, 5.41) is 1.10. The quantitative estimate of drug-likeness (QED) is 0.514. The van der Waals surface area contributed by atoms with Crippen molar-refractivity contribution in [3.63, 3.8) is 0 Å². The number of pyridine rings is 1. The first kappa shape index (κ1) is 21.1. The summed E-state index contributed by atoms with van der Waals surface area (Å²) in [7, 11) is 2.09. The summed E-state index contributed by atoms with van der Waals surface area (Å²) < 4.78 is 26.1. The van der Waals surface area contributed by atoms with Crippen molar-refractivity contribution in [2.75, 3.05) is 20.1 Å². The third-order valence-corrected chi connectivity index (χ3v) is 6.09. The number of aromatic nitrogens is 1. The Kier molecular flexibility index (Phi) is 6.02. The van der Waals surface area contributed by atoms with Gasteiger partial charge in [-0.3, -0.25) is 4.98 Å². The van der Waals surface area contributed by atoms with Gasteiger partial charge in [-0.25, -0.2) is 4.39 Å². The summed E-state index contributed by atoms with van der Waals surface area (Å²) >= 11 is 12.4. The summed E-state index contributed by atoms with van der Waals surface area (Å²) in [5.41, 5.74) is 9.55. The third-order valence-electron chi connectivity index (χ3n) is 5.38. The van der Waals surface area contributed by atoms with E-state index in [1.807, 2.05) is 0 Å². The molecule has 0 fully saturated rings. The molecule has 0 spiro atoms. The maximum absolute atomic E-state index is 14.0. The van der Waals surface area contributed by atoms with Gasteiger partial charge in [0.05, 0.1) is 22.4 Å². The van der Waals surface area contributed by atoms with Gasteiger partial charge in [0.15, 0.2) is 11.3 Å². The molecule has 8 heteroatoms. The highest BCUT2D eigenvalue weighted by Gasteiger charge is 2.24. The first-order valence-electron chi connectivity index (χ1n) is 9.67. The van der Waals surface area contributed by atoms with Crippen LogP contribution in [0.2, 0.25) is 10.0 Å². The molecule has 2 N–H and O–H groups in total. The average Bonchev–Trinajstić information content (AvgIpc) is 3.16. The van der Waals surface area contributed by atoms with Gasteiger partial charge in [0.2, 0.25) is 0 Å². The minimum absolute atomic E-state index is 0.0685. The van der Waals surface area contributed by atoms with Crippen LogP contribution in [0.15, 0.2) is 35.1 Å². The fourth-order valence-corrected chi connectivity index (χ4v) is 4.36. The van der Waals surface area contributed by atoms with Crippen molar-refractivity contribution in [3.05, 3.63) is 63.4 Å². The molecule has 0 unspecified atom stereocenters. The molecule has 0 saturated carbocycles. The van der Waals surface area contributed by atoms with Crippen LogP contribution >= 0.6 is 23.2 Å². The molecule has 3 heterocycles. The fraction of sp³-hybridized carbons (Fsp3) is 0.318. The van der Waals surface area contributed by atoms with Gasteiger partial charge in [-0.15, -0.1) is 0 Å². The zero-order chi connectivity index (χ0) is 21.4. The Morgan fingerprint density at radius 2 is 2.17 bits per heavy atom. The van der Waals surface area contributed by atoms with Crippen molar-refractivity contribution in [1.29, 1.82) is 0 Å². The van der Waals surface area contributed by atoms with Gasteiger partial charge in [-0.1, -0.05) is 29.3 Å². The maximum Gasteiger partial charge on any atom is 0.186 e. The molecule has 4 rings (SSSR count). The summed E-state index contributed by atoms with van der Waals surface area (Å²) in [5.74, 6) is -0.143. The Morgan fingerprint density at radius 1 is 1.37 bits per heavy atom. The highest BCUT2D eigenvalue weighted by atomic mass is 35.5. The predicted octanol–water partition coefficient (Wildman–Crippen LogP) is 5.59. The number of halogens is 3. The summed E-state index contributed by atoms with van der Waals surface area (Å²) in [4.78, 5) is 6.74. The first-order chi connectivity index (χ1) is 14.4. The number of ether oxygens (including phenoxy) is 1. The molecule has 0 saturated heterocycles. The average molecular weight is 450 g/mol. The highest BCUT2D eigenvalue weighted by molar-refractivity contribution is 6.36. The molecular formula is C22H22Cl2FN3O2. The minimum Gasteiger partial charge on any atom is -0.480 e. The molecule has 2 aromatic heterocycles. The lowest BCUT2D eigenvalue weighted by molar-refractivity contribution is 0.223. The van der Waals surface area contributed by atoms with Gasteiger partial charge in [0.1, 0.15) is 11.9 Å². The lowest BCUT2D eigenvalue weighted by Crippen LogP contribution is -2.23. The van der Waals surface area contributed by atoms with Crippen LogP contribution in [0.4, 0.5) is 4.39 Å². The number of rotatable bonds is 5. The third kappa shape index (κ3) is 3.81. The zero-order valence-electron chi connectivity index (χ0n) is 16.7. The summed E-state index contributed by atoms with van der Waals surface area (Å²) in [6, 6.07) is 2.68. The number of furan rings is 1. The standard InChI is InChI=1S/C22H22Cl2FN3O2/c1-12(19-16(23)3-4-17(25)20(19)24)30-22-18(9-26)27-10-14-15(11-29-21(14)22)13-5-7-28(2)8-6-13/h3-5,10-12H,6-9,26H2,1-2H3/t12-/m1/s1. The molecule has 0 bridgehead atoms. The van der Waals surface area contributed by atoms with Crippen LogP contribution in [-0.4, -0.2) is 30.0 Å². The van der Waals surface area contributed by atoms with Crippen LogP contribution in [0.5, 0.6) is 5.75 Å². The van der Waals surface area contributed by atoms with E-state index in [4.69, 9.17) is 38.1 Å². The van der Waals surface area contributed by atoms with Crippen molar-refractivity contribution in [2.45, 2.75) is 26.0 Å². The maximum atomic E-state index is 14.0. The highest BCUT2D eigenvalue weighted by Crippen LogP contribution is 2.40. The lowest BCUT2D eigenvalue weighted by atomic mass is 9.99. The molecule has 5 nitrogen and oxygen atoms in total. The van der Waals surface area contributed by atoms with E-state index in [1.54, 1.807) is 19.4 Å². The Hall–Kier alpha value is -2.12. The number of fused-ring (bicyclic) bond motifs is 1. The van der Waals surface area contributed by atoms with E-state index in [1.165, 1.54) is 17.7 Å². The van der Waals surface area contributed by atoms with Crippen LogP contribution in [0.1, 0.15) is 36.3 Å². The number of nitrogens with two attached hydrogens (primary N) is 1. The smallest absolute Gasteiger partial charge is 0.186 e. The van der Waals surface area contributed by atoms with E-state index in [2.05, 4.69) is 23.0 Å². The molecular weight excluding hydrogens is 428 g/mol. The molecule has 3 aromatic rings. The molecule has 0 aliphatic carbocycles. The fourth-order valence-electron chi connectivity index (χ4n) is 3.69. The van der Waals surface area contributed by atoms with Crippen molar-refractivity contribution in [1.82, 2.24) is 9.88 Å². The second-order valence-electron chi connectivity index (χ2n) is 7.39. The van der Waals surface area contributed by atoms with Gasteiger partial charge in [0, 0.05) is 42.0 Å². The lowest BCUT2D eigenvalue weighted by Gasteiger charge is -2.21. The van der Waals surface area contributed by atoms with Gasteiger partial charge >= 0.3 is 0 Å². The molecule has 158 valence electrons. The van der Waals surface area contributed by atoms with Gasteiger partial charge in [-0.2, -0.15) is 0 Å². The van der Waals surface area contributed by atoms with Crippen molar-refractivity contribution in [3.8, 4) is 5.75 Å². The molecule has 1 aliphatic rings. The number of likely N-dealkylation sites (N-methyl/N-ethyl adjacent to an activating group) is 1. The van der Waals surface area contributed by atoms with Gasteiger partial charge in [-0.05, 0) is 38.1 Å². The van der Waals surface area contributed by atoms with Crippen molar-refractivity contribution < 1.29 is 13.5 Å². The molecule has 0 radical (unpaired) electrons. The predicted molar refractivity (Wildman–Crippen MR) is 117 cm³/mol. The SMILES string of the molecule is C[C@@H](Oc1c(CN)ncc2c(C3=CCN(C)CC3)coc12)c1c(Cl)ccc(F)c1Cl. The molecule has 1 atom stereocenters. The van der Waals surface area contributed by atoms with Crippen LogP contribution in [0.25, 0.3) is 16.5 Å². The number of benzene rings is 1. The van der Waals surface area contributed by atoms with Gasteiger partial charge < -0.3 is 19.8 Å². The minimum atomic E-state index is -0.644. The Morgan fingerprint density at radius 3 is 2.87 bits per heavy atom. The number of hydrogen-bond acceptors (Lipinski definition) is 5. The van der Waals surface area contributed by atoms with E-state index in [0.717, 1.165) is 30.5 Å². The number of hydrogen-bond donors (Lipinski definition) is 1. The van der Waals surface area contributed by atoms with Gasteiger partial charge in [0.25, 0.3) is 0 Å². The van der Waals surface area contributed by atoms with Crippen molar-refractivity contribution in [2.24, 2.45) is 5.73 Å². The van der Waals surface area contributed by atoms with Crippen LogP contribution in [-0.2, 0) is 6.54 Å². The van der Waals surface area contributed by atoms with E-state index < -0.39 is 11.9 Å². The Labute approximate surface area is 184 Å². The second-order valence-corrected chi connectivity index (χ2v) is 8.17. The van der Waals surface area contributed by atoms with Crippen LogP contribution in [0.3, 0.4) is 0 Å². The Bertz CT molecular complexity index is 1130.